The molecule has 3 nitrogen and oxygen atoms in total. The van der Waals surface area contributed by atoms with Crippen molar-refractivity contribution in [2.75, 3.05) is 0 Å². The molecule has 0 radical (unpaired) electrons. The molecule has 0 saturated carbocycles. The van der Waals surface area contributed by atoms with Crippen molar-refractivity contribution in [2.24, 2.45) is 0 Å². The van der Waals surface area contributed by atoms with Crippen LogP contribution in [-0.2, 0) is 6.61 Å². The highest BCUT2D eigenvalue weighted by Crippen LogP contribution is 2.33. The van der Waals surface area contributed by atoms with Gasteiger partial charge in [-0.1, -0.05) is 60.7 Å². The van der Waals surface area contributed by atoms with Gasteiger partial charge in [0, 0.05) is 5.56 Å². The Morgan fingerprint density at radius 2 is 1.54 bits per heavy atom. The zero-order valence-electron chi connectivity index (χ0n) is 13.4. The Bertz CT molecular complexity index is 854. The summed E-state index contributed by atoms with van der Waals surface area (Å²) in [5.41, 5.74) is 3.90. The summed E-state index contributed by atoms with van der Waals surface area (Å²) in [6.07, 6.45) is 0. The summed E-state index contributed by atoms with van der Waals surface area (Å²) in [5, 5.41) is 9.33. The Morgan fingerprint density at radius 1 is 0.875 bits per heavy atom. The third-order valence-electron chi connectivity index (χ3n) is 3.98. The van der Waals surface area contributed by atoms with E-state index in [1.807, 2.05) is 67.6 Å². The van der Waals surface area contributed by atoms with E-state index in [0.29, 0.717) is 12.2 Å². The second kappa shape index (κ2) is 7.01. The summed E-state index contributed by atoms with van der Waals surface area (Å²) < 4.78 is 5.99. The van der Waals surface area contributed by atoms with Gasteiger partial charge in [-0.25, -0.2) is 4.79 Å². The number of ether oxygens (including phenoxy) is 1. The highest BCUT2D eigenvalue weighted by molar-refractivity contribution is 5.92. The molecule has 0 bridgehead atoms. The molecule has 0 atom stereocenters. The maximum atomic E-state index is 11.4. The van der Waals surface area contributed by atoms with Gasteiger partial charge in [0.05, 0.1) is 5.56 Å². The van der Waals surface area contributed by atoms with Crippen LogP contribution in [0.3, 0.4) is 0 Å². The Labute approximate surface area is 141 Å². The van der Waals surface area contributed by atoms with Crippen LogP contribution in [0.4, 0.5) is 0 Å². The van der Waals surface area contributed by atoms with Crippen molar-refractivity contribution in [2.45, 2.75) is 13.5 Å². The Hall–Kier alpha value is -3.07. The summed E-state index contributed by atoms with van der Waals surface area (Å²) in [4.78, 5) is 11.4. The zero-order chi connectivity index (χ0) is 16.9. The second-order valence-corrected chi connectivity index (χ2v) is 5.55. The first-order valence-corrected chi connectivity index (χ1v) is 7.76. The summed E-state index contributed by atoms with van der Waals surface area (Å²) in [5.74, 6) is -0.177. The first-order chi connectivity index (χ1) is 11.7. The fourth-order valence-corrected chi connectivity index (χ4v) is 2.71. The minimum absolute atomic E-state index is 0.311. The fraction of sp³-hybridized carbons (Fsp3) is 0.0952. The fourth-order valence-electron chi connectivity index (χ4n) is 2.71. The van der Waals surface area contributed by atoms with Gasteiger partial charge in [0.2, 0.25) is 0 Å². The molecule has 0 fully saturated rings. The van der Waals surface area contributed by atoms with E-state index in [9.17, 15) is 9.90 Å². The highest BCUT2D eigenvalue weighted by atomic mass is 16.5. The molecule has 0 saturated heterocycles. The molecule has 3 rings (SSSR count). The van der Waals surface area contributed by atoms with E-state index in [0.717, 1.165) is 28.0 Å². The van der Waals surface area contributed by atoms with E-state index in [2.05, 4.69) is 0 Å². The second-order valence-electron chi connectivity index (χ2n) is 5.55. The molecule has 0 aromatic heterocycles. The third-order valence-corrected chi connectivity index (χ3v) is 3.98. The van der Waals surface area contributed by atoms with Gasteiger partial charge in [0.1, 0.15) is 12.4 Å². The highest BCUT2D eigenvalue weighted by Gasteiger charge is 2.14. The van der Waals surface area contributed by atoms with Gasteiger partial charge in [-0.05, 0) is 35.7 Å². The van der Waals surface area contributed by atoms with E-state index in [1.54, 1.807) is 12.1 Å². The zero-order valence-corrected chi connectivity index (χ0v) is 13.4. The number of para-hydroxylation sites is 1. The quantitative estimate of drug-likeness (QED) is 0.725. The predicted octanol–water partition coefficient (Wildman–Crippen LogP) is 4.94. The molecule has 1 N–H and O–H groups in total. The predicted molar refractivity (Wildman–Crippen MR) is 94.3 cm³/mol. The molecule has 3 aromatic carbocycles. The van der Waals surface area contributed by atoms with Crippen LogP contribution >= 0.6 is 0 Å². The van der Waals surface area contributed by atoms with Crippen LogP contribution in [0.2, 0.25) is 0 Å². The number of carboxylic acid groups (broad SMARTS) is 1. The first kappa shape index (κ1) is 15.8. The van der Waals surface area contributed by atoms with E-state index >= 15 is 0 Å². The Morgan fingerprint density at radius 3 is 2.29 bits per heavy atom. The van der Waals surface area contributed by atoms with Crippen molar-refractivity contribution >= 4 is 5.97 Å². The summed E-state index contributed by atoms with van der Waals surface area (Å²) in [6, 6.07) is 23.0. The number of benzene rings is 3. The van der Waals surface area contributed by atoms with Crippen molar-refractivity contribution in [3.63, 3.8) is 0 Å². The van der Waals surface area contributed by atoms with Crippen molar-refractivity contribution < 1.29 is 14.6 Å². The van der Waals surface area contributed by atoms with Crippen LogP contribution in [0.5, 0.6) is 5.75 Å². The van der Waals surface area contributed by atoms with Crippen molar-refractivity contribution in [3.05, 3.63) is 89.5 Å². The van der Waals surface area contributed by atoms with Gasteiger partial charge in [0.15, 0.2) is 0 Å². The molecule has 0 aliphatic carbocycles. The minimum Gasteiger partial charge on any atom is -0.488 e. The van der Waals surface area contributed by atoms with Crippen molar-refractivity contribution in [1.29, 1.82) is 0 Å². The molecule has 0 amide bonds. The molecule has 0 spiro atoms. The lowest BCUT2D eigenvalue weighted by Gasteiger charge is -2.14. The van der Waals surface area contributed by atoms with Crippen LogP contribution in [0.1, 0.15) is 21.5 Å². The normalized spacial score (nSPS) is 10.4. The third kappa shape index (κ3) is 3.30. The summed E-state index contributed by atoms with van der Waals surface area (Å²) in [7, 11) is 0. The molecule has 0 unspecified atom stereocenters. The van der Waals surface area contributed by atoms with Gasteiger partial charge in [-0.2, -0.15) is 0 Å². The molecule has 0 heterocycles. The number of carbonyl (C=O) groups is 1. The van der Waals surface area contributed by atoms with Gasteiger partial charge < -0.3 is 9.84 Å². The van der Waals surface area contributed by atoms with Crippen LogP contribution in [0.15, 0.2) is 72.8 Å². The topological polar surface area (TPSA) is 46.5 Å². The van der Waals surface area contributed by atoms with E-state index < -0.39 is 5.97 Å². The van der Waals surface area contributed by atoms with Crippen LogP contribution in [0, 0.1) is 6.92 Å². The number of carboxylic acids is 1. The molecule has 0 aliphatic rings. The molecular formula is C21H18O3. The van der Waals surface area contributed by atoms with Gasteiger partial charge >= 0.3 is 5.97 Å². The number of rotatable bonds is 5. The molecule has 0 aliphatic heterocycles. The standard InChI is InChI=1S/C21H18O3/c1-15-17(11-7-12-18(15)21(22)23)19-10-5-6-13-20(19)24-14-16-8-3-2-4-9-16/h2-13H,14H2,1H3,(H,22,23). The molecule has 24 heavy (non-hydrogen) atoms. The summed E-state index contributed by atoms with van der Waals surface area (Å²) >= 11 is 0. The largest absolute Gasteiger partial charge is 0.488 e. The van der Waals surface area contributed by atoms with Gasteiger partial charge in [0.25, 0.3) is 0 Å². The Kier molecular flexibility index (Phi) is 4.62. The average Bonchev–Trinajstić information content (AvgIpc) is 2.61. The maximum absolute atomic E-state index is 11.4. The van der Waals surface area contributed by atoms with Crippen LogP contribution in [0.25, 0.3) is 11.1 Å². The van der Waals surface area contributed by atoms with Crippen molar-refractivity contribution in [1.82, 2.24) is 0 Å². The molecule has 3 aromatic rings. The van der Waals surface area contributed by atoms with E-state index in [1.165, 1.54) is 0 Å². The minimum atomic E-state index is -0.919. The lowest BCUT2D eigenvalue weighted by atomic mass is 9.96. The smallest absolute Gasteiger partial charge is 0.335 e. The summed E-state index contributed by atoms with van der Waals surface area (Å²) in [6.45, 7) is 2.29. The number of hydrogen-bond acceptors (Lipinski definition) is 2. The number of aromatic carboxylic acids is 1. The van der Waals surface area contributed by atoms with E-state index in [4.69, 9.17) is 4.74 Å². The number of hydrogen-bond donors (Lipinski definition) is 1. The first-order valence-electron chi connectivity index (χ1n) is 7.76. The van der Waals surface area contributed by atoms with Gasteiger partial charge in [-0.15, -0.1) is 0 Å². The van der Waals surface area contributed by atoms with Crippen LogP contribution < -0.4 is 4.74 Å². The van der Waals surface area contributed by atoms with E-state index in [-0.39, 0.29) is 0 Å². The van der Waals surface area contributed by atoms with Gasteiger partial charge in [-0.3, -0.25) is 0 Å². The lowest BCUT2D eigenvalue weighted by molar-refractivity contribution is 0.0696. The monoisotopic (exact) mass is 318 g/mol. The molecular weight excluding hydrogens is 300 g/mol. The Balaban J connectivity index is 1.95. The maximum Gasteiger partial charge on any atom is 0.335 e. The SMILES string of the molecule is Cc1c(C(=O)O)cccc1-c1ccccc1OCc1ccccc1. The van der Waals surface area contributed by atoms with Crippen LogP contribution in [-0.4, -0.2) is 11.1 Å². The van der Waals surface area contributed by atoms with Crippen molar-refractivity contribution in [3.8, 4) is 16.9 Å². The molecule has 3 heteroatoms. The lowest BCUT2D eigenvalue weighted by Crippen LogP contribution is -2.02. The average molecular weight is 318 g/mol. The molecule has 120 valence electrons.